The summed E-state index contributed by atoms with van der Waals surface area (Å²) in [5, 5.41) is 12.1. The van der Waals surface area contributed by atoms with Crippen molar-refractivity contribution in [2.24, 2.45) is 0 Å². The minimum Gasteiger partial charge on any atom is -0.480 e. The van der Waals surface area contributed by atoms with Gasteiger partial charge in [-0.1, -0.05) is 24.3 Å². The molecule has 27 heavy (non-hydrogen) atoms. The van der Waals surface area contributed by atoms with Crippen LogP contribution in [0.1, 0.15) is 27.2 Å². The van der Waals surface area contributed by atoms with Gasteiger partial charge in [-0.15, -0.1) is 0 Å². The average Bonchev–Trinajstić information content (AvgIpc) is 2.66. The van der Waals surface area contributed by atoms with Crippen LogP contribution in [0.3, 0.4) is 0 Å². The van der Waals surface area contributed by atoms with Crippen molar-refractivity contribution in [3.8, 4) is 5.75 Å². The van der Waals surface area contributed by atoms with Crippen molar-refractivity contribution in [1.82, 2.24) is 4.98 Å². The Hall–Kier alpha value is -3.48. The molecule has 1 heterocycles. The van der Waals surface area contributed by atoms with Crippen LogP contribution in [0, 0.1) is 24.0 Å². The molecule has 0 atom stereocenters. The highest BCUT2D eigenvalue weighted by atomic mass is 16.6. The third-order valence-electron chi connectivity index (χ3n) is 4.29. The number of carbonyl (C=O) groups is 1. The fourth-order valence-corrected chi connectivity index (χ4v) is 2.96. The predicted molar refractivity (Wildman–Crippen MR) is 100.0 cm³/mol. The van der Waals surface area contributed by atoms with E-state index in [0.717, 1.165) is 16.5 Å². The molecule has 0 aliphatic carbocycles. The van der Waals surface area contributed by atoms with Crippen LogP contribution in [-0.4, -0.2) is 23.0 Å². The Labute approximate surface area is 155 Å². The fourth-order valence-electron chi connectivity index (χ4n) is 2.96. The number of nitro benzene ring substituents is 1. The van der Waals surface area contributed by atoms with Gasteiger partial charge in [0.1, 0.15) is 6.61 Å². The number of aryl methyl sites for hydroxylation is 2. The summed E-state index contributed by atoms with van der Waals surface area (Å²) in [7, 11) is 1.30. The molecule has 0 amide bonds. The number of hydrogen-bond acceptors (Lipinski definition) is 6. The maximum Gasteiger partial charge on any atom is 0.340 e. The number of nitrogens with zero attached hydrogens (tertiary/aromatic N) is 2. The SMILES string of the molecule is COC(=O)c1c(COc2ccc(C)cc2[N+](=O)[O-])nc2ccccc2c1C. The number of methoxy groups -OCH3 is 1. The van der Waals surface area contributed by atoms with Gasteiger partial charge in [-0.05, 0) is 37.1 Å². The Morgan fingerprint density at radius 3 is 2.63 bits per heavy atom. The summed E-state index contributed by atoms with van der Waals surface area (Å²) in [6, 6.07) is 12.1. The zero-order valence-corrected chi connectivity index (χ0v) is 15.2. The molecule has 0 radical (unpaired) electrons. The van der Waals surface area contributed by atoms with Crippen molar-refractivity contribution in [3.05, 3.63) is 75.0 Å². The highest BCUT2D eigenvalue weighted by molar-refractivity contribution is 5.98. The largest absolute Gasteiger partial charge is 0.480 e. The highest BCUT2D eigenvalue weighted by Gasteiger charge is 2.21. The van der Waals surface area contributed by atoms with Crippen LogP contribution in [-0.2, 0) is 11.3 Å². The number of fused-ring (bicyclic) bond motifs is 1. The molecule has 0 bridgehead atoms. The lowest BCUT2D eigenvalue weighted by atomic mass is 10.0. The molecule has 7 nitrogen and oxygen atoms in total. The van der Waals surface area contributed by atoms with Crippen LogP contribution in [0.25, 0.3) is 10.9 Å². The second-order valence-electron chi connectivity index (χ2n) is 6.08. The molecule has 3 rings (SSSR count). The molecule has 1 aromatic heterocycles. The molecule has 0 fully saturated rings. The van der Waals surface area contributed by atoms with Gasteiger partial charge in [-0.2, -0.15) is 0 Å². The summed E-state index contributed by atoms with van der Waals surface area (Å²) in [6.07, 6.45) is 0. The van der Waals surface area contributed by atoms with Gasteiger partial charge >= 0.3 is 11.7 Å². The first-order chi connectivity index (χ1) is 12.9. The Kier molecular flexibility index (Phi) is 5.03. The number of ether oxygens (including phenoxy) is 2. The van der Waals surface area contributed by atoms with Crippen molar-refractivity contribution >= 4 is 22.6 Å². The number of rotatable bonds is 5. The first-order valence-electron chi connectivity index (χ1n) is 8.26. The zero-order valence-electron chi connectivity index (χ0n) is 15.2. The summed E-state index contributed by atoms with van der Waals surface area (Å²) in [5.74, 6) is -0.406. The van der Waals surface area contributed by atoms with Gasteiger partial charge in [0, 0.05) is 11.5 Å². The minimum absolute atomic E-state index is 0.0972. The van der Waals surface area contributed by atoms with E-state index in [1.54, 1.807) is 19.1 Å². The molecule has 0 saturated carbocycles. The molecular formula is C20H18N2O5. The van der Waals surface area contributed by atoms with Crippen LogP contribution in [0.5, 0.6) is 5.75 Å². The quantitative estimate of drug-likeness (QED) is 0.383. The molecule has 0 N–H and O–H groups in total. The van der Waals surface area contributed by atoms with Gasteiger partial charge in [0.25, 0.3) is 0 Å². The molecule has 0 aliphatic rings. The fraction of sp³-hybridized carbons (Fsp3) is 0.200. The molecule has 0 spiro atoms. The van der Waals surface area contributed by atoms with E-state index < -0.39 is 10.9 Å². The Morgan fingerprint density at radius 2 is 1.93 bits per heavy atom. The van der Waals surface area contributed by atoms with Crippen molar-refractivity contribution < 1.29 is 19.2 Å². The van der Waals surface area contributed by atoms with E-state index >= 15 is 0 Å². The van der Waals surface area contributed by atoms with Crippen LogP contribution < -0.4 is 4.74 Å². The molecule has 0 aliphatic heterocycles. The van der Waals surface area contributed by atoms with Gasteiger partial charge in [0.05, 0.1) is 28.8 Å². The van der Waals surface area contributed by atoms with E-state index in [9.17, 15) is 14.9 Å². The lowest BCUT2D eigenvalue weighted by Gasteiger charge is -2.14. The van der Waals surface area contributed by atoms with E-state index in [2.05, 4.69) is 4.98 Å². The lowest BCUT2D eigenvalue weighted by molar-refractivity contribution is -0.386. The maximum atomic E-state index is 12.3. The summed E-state index contributed by atoms with van der Waals surface area (Å²) in [4.78, 5) is 27.6. The Morgan fingerprint density at radius 1 is 1.19 bits per heavy atom. The van der Waals surface area contributed by atoms with Crippen LogP contribution in [0.15, 0.2) is 42.5 Å². The summed E-state index contributed by atoms with van der Waals surface area (Å²) < 4.78 is 10.6. The number of benzene rings is 2. The number of aromatic nitrogens is 1. The first kappa shape index (κ1) is 18.3. The van der Waals surface area contributed by atoms with Gasteiger partial charge in [-0.3, -0.25) is 10.1 Å². The van der Waals surface area contributed by atoms with E-state index in [-0.39, 0.29) is 18.0 Å². The van der Waals surface area contributed by atoms with Crippen molar-refractivity contribution in [1.29, 1.82) is 0 Å². The molecule has 2 aromatic carbocycles. The number of esters is 1. The Balaban J connectivity index is 2.05. The monoisotopic (exact) mass is 366 g/mol. The number of carbonyl (C=O) groups excluding carboxylic acids is 1. The van der Waals surface area contributed by atoms with E-state index in [4.69, 9.17) is 9.47 Å². The number of pyridine rings is 1. The van der Waals surface area contributed by atoms with E-state index in [0.29, 0.717) is 16.8 Å². The standard InChI is InChI=1S/C20H18N2O5/c1-12-8-9-18(17(10-12)22(24)25)27-11-16-19(20(23)26-3)13(2)14-6-4-5-7-15(14)21-16/h4-10H,11H2,1-3H3. The normalized spacial score (nSPS) is 10.6. The number of nitro groups is 1. The zero-order chi connectivity index (χ0) is 19.6. The van der Waals surface area contributed by atoms with Crippen LogP contribution >= 0.6 is 0 Å². The molecule has 0 unspecified atom stereocenters. The average molecular weight is 366 g/mol. The second-order valence-corrected chi connectivity index (χ2v) is 6.08. The molecular weight excluding hydrogens is 348 g/mol. The Bertz CT molecular complexity index is 1050. The molecule has 138 valence electrons. The maximum absolute atomic E-state index is 12.3. The van der Waals surface area contributed by atoms with Gasteiger partial charge in [-0.25, -0.2) is 9.78 Å². The first-order valence-corrected chi connectivity index (χ1v) is 8.26. The predicted octanol–water partition coefficient (Wildman–Crippen LogP) is 4.13. The minimum atomic E-state index is -0.525. The summed E-state index contributed by atoms with van der Waals surface area (Å²) in [6.45, 7) is 3.48. The highest BCUT2D eigenvalue weighted by Crippen LogP contribution is 2.30. The van der Waals surface area contributed by atoms with Crippen molar-refractivity contribution in [2.45, 2.75) is 20.5 Å². The molecule has 7 heteroatoms. The van der Waals surface area contributed by atoms with Gasteiger partial charge in [0.15, 0.2) is 5.75 Å². The second kappa shape index (κ2) is 7.41. The molecule has 0 saturated heterocycles. The third-order valence-corrected chi connectivity index (χ3v) is 4.29. The summed E-state index contributed by atoms with van der Waals surface area (Å²) in [5.41, 5.74) is 2.74. The number of hydrogen-bond donors (Lipinski definition) is 0. The smallest absolute Gasteiger partial charge is 0.340 e. The van der Waals surface area contributed by atoms with Crippen LogP contribution in [0.2, 0.25) is 0 Å². The van der Waals surface area contributed by atoms with Gasteiger partial charge in [0.2, 0.25) is 0 Å². The summed E-state index contributed by atoms with van der Waals surface area (Å²) >= 11 is 0. The lowest BCUT2D eigenvalue weighted by Crippen LogP contribution is -2.13. The molecule has 3 aromatic rings. The van der Waals surface area contributed by atoms with E-state index in [1.807, 2.05) is 31.2 Å². The van der Waals surface area contributed by atoms with Crippen molar-refractivity contribution in [2.75, 3.05) is 7.11 Å². The third kappa shape index (κ3) is 3.57. The van der Waals surface area contributed by atoms with Gasteiger partial charge < -0.3 is 9.47 Å². The van der Waals surface area contributed by atoms with Crippen LogP contribution in [0.4, 0.5) is 5.69 Å². The topological polar surface area (TPSA) is 91.6 Å². The van der Waals surface area contributed by atoms with E-state index in [1.165, 1.54) is 13.2 Å². The number of para-hydroxylation sites is 1. The van der Waals surface area contributed by atoms with Crippen molar-refractivity contribution in [3.63, 3.8) is 0 Å².